The average Bonchev–Trinajstić information content (AvgIpc) is 3.02. The zero-order chi connectivity index (χ0) is 24.2. The van der Waals surface area contributed by atoms with Crippen LogP contribution in [0.4, 0.5) is 17.6 Å². The molecule has 176 valence electrons. The predicted molar refractivity (Wildman–Crippen MR) is 118 cm³/mol. The van der Waals surface area contributed by atoms with E-state index >= 15 is 0 Å². The summed E-state index contributed by atoms with van der Waals surface area (Å²) in [7, 11) is 1.14. The predicted octanol–water partition coefficient (Wildman–Crippen LogP) is 6.98. The summed E-state index contributed by atoms with van der Waals surface area (Å²) in [5.41, 5.74) is -1.34. The number of carbonyl (C=O) groups is 1. The number of alkyl halides is 2. The van der Waals surface area contributed by atoms with Crippen molar-refractivity contribution in [2.24, 2.45) is 7.05 Å². The van der Waals surface area contributed by atoms with Gasteiger partial charge in [0, 0.05) is 35.3 Å². The molecule has 4 nitrogen and oxygen atoms in total. The van der Waals surface area contributed by atoms with Crippen molar-refractivity contribution in [1.82, 2.24) is 14.7 Å². The zero-order valence-electron chi connectivity index (χ0n) is 18.2. The first-order chi connectivity index (χ1) is 15.0. The van der Waals surface area contributed by atoms with Crippen LogP contribution in [0.15, 0.2) is 23.2 Å². The maximum Gasteiger partial charge on any atom is 0.283 e. The van der Waals surface area contributed by atoms with Crippen LogP contribution >= 0.6 is 23.2 Å². The van der Waals surface area contributed by atoms with Gasteiger partial charge in [0.25, 0.3) is 12.3 Å². The molecule has 0 bridgehead atoms. The summed E-state index contributed by atoms with van der Waals surface area (Å²) in [6.07, 6.45) is -1.45. The lowest BCUT2D eigenvalue weighted by molar-refractivity contribution is 0.0675. The fourth-order valence-electron chi connectivity index (χ4n) is 3.58. The van der Waals surface area contributed by atoms with E-state index in [9.17, 15) is 22.4 Å². The summed E-state index contributed by atoms with van der Waals surface area (Å²) in [5, 5.41) is 3.86. The Bertz CT molecular complexity index is 1000. The average molecular weight is 494 g/mol. The van der Waals surface area contributed by atoms with Gasteiger partial charge in [0.2, 0.25) is 5.95 Å². The Balaban J connectivity index is 2.62. The minimum absolute atomic E-state index is 0.117. The number of halogens is 6. The molecule has 1 unspecified atom stereocenters. The molecule has 0 aliphatic heterocycles. The molecule has 0 saturated carbocycles. The van der Waals surface area contributed by atoms with Gasteiger partial charge in [0.15, 0.2) is 0 Å². The molecule has 0 aliphatic carbocycles. The van der Waals surface area contributed by atoms with Gasteiger partial charge >= 0.3 is 0 Å². The maximum atomic E-state index is 14.7. The third kappa shape index (κ3) is 5.64. The van der Waals surface area contributed by atoms with Gasteiger partial charge in [-0.1, -0.05) is 49.5 Å². The van der Waals surface area contributed by atoms with Crippen molar-refractivity contribution < 1.29 is 22.4 Å². The van der Waals surface area contributed by atoms with Crippen molar-refractivity contribution in [2.75, 3.05) is 6.54 Å². The molecular formula is C22H25Cl2F4N3O. The largest absolute Gasteiger partial charge is 0.331 e. The van der Waals surface area contributed by atoms with Crippen molar-refractivity contribution in [3.8, 4) is 0 Å². The second-order valence-electron chi connectivity index (χ2n) is 7.40. The van der Waals surface area contributed by atoms with Gasteiger partial charge in [-0.15, -0.1) is 0 Å². The lowest BCUT2D eigenvalue weighted by Crippen LogP contribution is -2.42. The number of allylic oxidation sites excluding steroid dienone is 1. The Morgan fingerprint density at radius 2 is 1.91 bits per heavy atom. The molecule has 1 atom stereocenters. The fraction of sp³-hybridized carbons (Fsp3) is 0.455. The van der Waals surface area contributed by atoms with Crippen LogP contribution in [0.3, 0.4) is 0 Å². The second kappa shape index (κ2) is 11.2. The number of amides is 1. The number of benzene rings is 1. The highest BCUT2D eigenvalue weighted by atomic mass is 35.5. The van der Waals surface area contributed by atoms with E-state index in [1.807, 2.05) is 13.8 Å². The Labute approximate surface area is 194 Å². The number of nitrogens with zero attached hydrogens (tertiary/aromatic N) is 3. The van der Waals surface area contributed by atoms with Crippen molar-refractivity contribution in [1.29, 1.82) is 0 Å². The number of rotatable bonds is 9. The quantitative estimate of drug-likeness (QED) is 0.353. The zero-order valence-corrected chi connectivity index (χ0v) is 19.7. The van der Waals surface area contributed by atoms with Crippen LogP contribution in [-0.4, -0.2) is 33.2 Å². The van der Waals surface area contributed by atoms with Crippen LogP contribution in [0.1, 0.15) is 68.1 Å². The van der Waals surface area contributed by atoms with E-state index < -0.39 is 41.4 Å². The first-order valence-corrected chi connectivity index (χ1v) is 10.9. The summed E-state index contributed by atoms with van der Waals surface area (Å²) in [4.78, 5) is 14.7. The lowest BCUT2D eigenvalue weighted by atomic mass is 10.00. The van der Waals surface area contributed by atoms with Gasteiger partial charge in [-0.05, 0) is 37.5 Å². The summed E-state index contributed by atoms with van der Waals surface area (Å²) < 4.78 is 57.0. The van der Waals surface area contributed by atoms with Crippen LogP contribution in [0.2, 0.25) is 5.02 Å². The lowest BCUT2D eigenvalue weighted by Gasteiger charge is -2.32. The van der Waals surface area contributed by atoms with Gasteiger partial charge in [-0.2, -0.15) is 9.49 Å². The molecule has 0 aliphatic rings. The molecular weight excluding hydrogens is 469 g/mol. The smallest absolute Gasteiger partial charge is 0.283 e. The SMILES string of the molecule is CCCC(CC)N(C/C(=C(\C)Cl)c1ccc(Cl)cc1F)C(=O)c1c(C(F)F)nn(C)c1F. The van der Waals surface area contributed by atoms with E-state index in [-0.39, 0.29) is 27.7 Å². The molecule has 2 rings (SSSR count). The van der Waals surface area contributed by atoms with E-state index in [1.165, 1.54) is 24.0 Å². The molecule has 1 aromatic heterocycles. The highest BCUT2D eigenvalue weighted by Crippen LogP contribution is 2.31. The maximum absolute atomic E-state index is 14.7. The van der Waals surface area contributed by atoms with Crippen molar-refractivity contribution in [3.63, 3.8) is 0 Å². The first kappa shape index (κ1) is 26.2. The van der Waals surface area contributed by atoms with Crippen LogP contribution in [0.5, 0.6) is 0 Å². The molecule has 0 saturated heterocycles. The van der Waals surface area contributed by atoms with Gasteiger partial charge in [0.1, 0.15) is 17.1 Å². The van der Waals surface area contributed by atoms with Gasteiger partial charge in [-0.25, -0.2) is 17.9 Å². The molecule has 2 aromatic rings. The van der Waals surface area contributed by atoms with E-state index in [0.717, 1.165) is 13.1 Å². The van der Waals surface area contributed by atoms with Gasteiger partial charge in [-0.3, -0.25) is 4.79 Å². The van der Waals surface area contributed by atoms with Crippen molar-refractivity contribution in [3.05, 3.63) is 56.8 Å². The Hall–Kier alpha value is -2.06. The number of aryl methyl sites for hydroxylation is 1. The minimum Gasteiger partial charge on any atom is -0.331 e. The highest BCUT2D eigenvalue weighted by Gasteiger charge is 2.34. The molecule has 1 aromatic carbocycles. The van der Waals surface area contributed by atoms with Crippen molar-refractivity contribution >= 4 is 34.7 Å². The molecule has 32 heavy (non-hydrogen) atoms. The monoisotopic (exact) mass is 493 g/mol. The minimum atomic E-state index is -3.14. The molecule has 1 heterocycles. The topological polar surface area (TPSA) is 38.1 Å². The molecule has 1 amide bonds. The second-order valence-corrected chi connectivity index (χ2v) is 8.40. The van der Waals surface area contributed by atoms with Crippen LogP contribution in [0.25, 0.3) is 5.57 Å². The number of carbonyl (C=O) groups excluding carboxylic acids is 1. The Morgan fingerprint density at radius 1 is 1.25 bits per heavy atom. The summed E-state index contributed by atoms with van der Waals surface area (Å²) in [6.45, 7) is 5.06. The summed E-state index contributed by atoms with van der Waals surface area (Å²) >= 11 is 12.1. The molecule has 0 fully saturated rings. The molecule has 0 spiro atoms. The number of hydrogen-bond donors (Lipinski definition) is 0. The van der Waals surface area contributed by atoms with Crippen LogP contribution < -0.4 is 0 Å². The van der Waals surface area contributed by atoms with Crippen molar-refractivity contribution in [2.45, 2.75) is 52.5 Å². The van der Waals surface area contributed by atoms with E-state index in [2.05, 4.69) is 5.10 Å². The van der Waals surface area contributed by atoms with E-state index in [0.29, 0.717) is 23.9 Å². The summed E-state index contributed by atoms with van der Waals surface area (Å²) in [6, 6.07) is 3.60. The normalized spacial score (nSPS) is 13.3. The Kier molecular flexibility index (Phi) is 9.16. The molecule has 0 radical (unpaired) electrons. The number of hydrogen-bond acceptors (Lipinski definition) is 2. The third-order valence-electron chi connectivity index (χ3n) is 5.22. The van der Waals surface area contributed by atoms with Gasteiger partial charge < -0.3 is 4.90 Å². The van der Waals surface area contributed by atoms with E-state index in [1.54, 1.807) is 0 Å². The third-order valence-corrected chi connectivity index (χ3v) is 5.68. The number of aromatic nitrogens is 2. The Morgan fingerprint density at radius 3 is 2.41 bits per heavy atom. The van der Waals surface area contributed by atoms with E-state index in [4.69, 9.17) is 23.2 Å². The molecule has 0 N–H and O–H groups in total. The van der Waals surface area contributed by atoms with Crippen LogP contribution in [-0.2, 0) is 7.05 Å². The van der Waals surface area contributed by atoms with Crippen LogP contribution in [0, 0.1) is 11.8 Å². The summed E-state index contributed by atoms with van der Waals surface area (Å²) in [5.74, 6) is -2.76. The first-order valence-electron chi connectivity index (χ1n) is 10.1. The molecule has 10 heteroatoms. The van der Waals surface area contributed by atoms with Gasteiger partial charge in [0.05, 0.1) is 0 Å². The fourth-order valence-corrected chi connectivity index (χ4v) is 3.90. The standard InChI is InChI=1S/C22H25Cl2F4N3O/c1-5-7-14(6-2)31(22(32)18-19(20(26)27)29-30(4)21(18)28)11-16(12(3)23)15-9-8-13(24)10-17(15)25/h8-10,14,20H,5-7,11H2,1-4H3/b16-12-. The highest BCUT2D eigenvalue weighted by molar-refractivity contribution is 6.32.